The number of benzene rings is 1. The van der Waals surface area contributed by atoms with Crippen molar-refractivity contribution in [3.63, 3.8) is 0 Å². The van der Waals surface area contributed by atoms with E-state index in [9.17, 15) is 4.39 Å². The lowest BCUT2D eigenvalue weighted by Crippen LogP contribution is -2.52. The van der Waals surface area contributed by atoms with E-state index in [1.807, 2.05) is 26.1 Å². The van der Waals surface area contributed by atoms with E-state index in [1.165, 1.54) is 6.07 Å². The third-order valence-electron chi connectivity index (χ3n) is 4.76. The molecule has 1 N–H and O–H groups in total. The van der Waals surface area contributed by atoms with E-state index in [0.29, 0.717) is 0 Å². The second-order valence-electron chi connectivity index (χ2n) is 6.90. The number of aryl methyl sites for hydroxylation is 2. The Bertz CT molecular complexity index is 759. The molecule has 2 heterocycles. The quantitative estimate of drug-likeness (QED) is 0.286. The topological polar surface area (TPSA) is 56.9 Å². The zero-order chi connectivity index (χ0) is 19.1. The molecule has 0 saturated carbocycles. The van der Waals surface area contributed by atoms with Gasteiger partial charge in [0.15, 0.2) is 5.96 Å². The molecule has 28 heavy (non-hydrogen) atoms. The number of hydrogen-bond acceptors (Lipinski definition) is 4. The van der Waals surface area contributed by atoms with Crippen LogP contribution in [0.15, 0.2) is 39.8 Å². The fourth-order valence-electron chi connectivity index (χ4n) is 3.36. The number of rotatable bonds is 6. The minimum absolute atomic E-state index is 0. The Morgan fingerprint density at radius 1 is 1.25 bits per heavy atom. The molecule has 0 amide bonds. The first-order valence-electron chi connectivity index (χ1n) is 9.48. The molecule has 0 bridgehead atoms. The number of hydrogen-bond donors (Lipinski definition) is 1. The Balaban J connectivity index is 0.00000280. The maximum atomic E-state index is 13.2. The van der Waals surface area contributed by atoms with E-state index in [2.05, 4.69) is 25.3 Å². The zero-order valence-electron chi connectivity index (χ0n) is 16.5. The van der Waals surface area contributed by atoms with Gasteiger partial charge >= 0.3 is 0 Å². The first-order chi connectivity index (χ1) is 13.1. The summed E-state index contributed by atoms with van der Waals surface area (Å²) >= 11 is 0. The highest BCUT2D eigenvalue weighted by atomic mass is 127. The molecule has 0 aliphatic carbocycles. The standard InChI is InChI=1S/C20H28FN5O.HI/c1-16-13-19(24-27-16)15-25-9-11-26(12-10-25)20(22-2)23-8-4-6-17-5-3-7-18(21)14-17;/h3,5,7,13-14H,4,6,8-12,15H2,1-2H3,(H,22,23);1H. The number of aliphatic imine (C=N–C) groups is 1. The minimum atomic E-state index is -0.171. The monoisotopic (exact) mass is 501 g/mol. The van der Waals surface area contributed by atoms with E-state index in [1.54, 1.807) is 12.1 Å². The number of nitrogens with zero attached hydrogens (tertiary/aromatic N) is 4. The first kappa shape index (κ1) is 22.6. The molecular formula is C20H29FIN5O. The Labute approximate surface area is 183 Å². The lowest BCUT2D eigenvalue weighted by molar-refractivity contribution is 0.169. The van der Waals surface area contributed by atoms with Crippen molar-refractivity contribution in [2.45, 2.75) is 26.3 Å². The van der Waals surface area contributed by atoms with Gasteiger partial charge < -0.3 is 14.7 Å². The Morgan fingerprint density at radius 3 is 2.68 bits per heavy atom. The van der Waals surface area contributed by atoms with Gasteiger partial charge in [-0.2, -0.15) is 0 Å². The summed E-state index contributed by atoms with van der Waals surface area (Å²) in [6, 6.07) is 8.80. The lowest BCUT2D eigenvalue weighted by atomic mass is 10.1. The molecule has 1 saturated heterocycles. The van der Waals surface area contributed by atoms with Crippen LogP contribution in [-0.2, 0) is 13.0 Å². The maximum absolute atomic E-state index is 13.2. The summed E-state index contributed by atoms with van der Waals surface area (Å²) in [4.78, 5) is 9.07. The normalized spacial score (nSPS) is 15.4. The highest BCUT2D eigenvalue weighted by molar-refractivity contribution is 14.0. The number of nitrogens with one attached hydrogen (secondary N) is 1. The summed E-state index contributed by atoms with van der Waals surface area (Å²) in [5.74, 6) is 1.62. The molecular weight excluding hydrogens is 472 g/mol. The Hall–Kier alpha value is -1.68. The van der Waals surface area contributed by atoms with Crippen molar-refractivity contribution in [3.8, 4) is 0 Å². The van der Waals surface area contributed by atoms with E-state index < -0.39 is 0 Å². The number of piperazine rings is 1. The first-order valence-corrected chi connectivity index (χ1v) is 9.48. The number of halogens is 2. The summed E-state index contributed by atoms with van der Waals surface area (Å²) in [5.41, 5.74) is 2.02. The largest absolute Gasteiger partial charge is 0.361 e. The molecule has 0 unspecified atom stereocenters. The van der Waals surface area contributed by atoms with Crippen LogP contribution < -0.4 is 5.32 Å². The van der Waals surface area contributed by atoms with Crippen LogP contribution in [0.2, 0.25) is 0 Å². The van der Waals surface area contributed by atoms with E-state index in [4.69, 9.17) is 4.52 Å². The van der Waals surface area contributed by atoms with Crippen molar-refractivity contribution >= 4 is 29.9 Å². The van der Waals surface area contributed by atoms with Crippen LogP contribution in [0.5, 0.6) is 0 Å². The minimum Gasteiger partial charge on any atom is -0.361 e. The van der Waals surface area contributed by atoms with Crippen LogP contribution in [-0.4, -0.2) is 60.7 Å². The molecule has 8 heteroatoms. The average Bonchev–Trinajstić information content (AvgIpc) is 3.07. The smallest absolute Gasteiger partial charge is 0.193 e. The van der Waals surface area contributed by atoms with Gasteiger partial charge in [-0.25, -0.2) is 4.39 Å². The van der Waals surface area contributed by atoms with Crippen molar-refractivity contribution < 1.29 is 8.91 Å². The van der Waals surface area contributed by atoms with E-state index in [0.717, 1.165) is 75.1 Å². The SMILES string of the molecule is CN=C(NCCCc1cccc(F)c1)N1CCN(Cc2cc(C)on2)CC1.I. The number of aromatic nitrogens is 1. The van der Waals surface area contributed by atoms with Crippen LogP contribution in [0.4, 0.5) is 4.39 Å². The highest BCUT2D eigenvalue weighted by Gasteiger charge is 2.20. The predicted octanol–water partition coefficient (Wildman–Crippen LogP) is 3.07. The van der Waals surface area contributed by atoms with Gasteiger partial charge in [-0.1, -0.05) is 17.3 Å². The van der Waals surface area contributed by atoms with Gasteiger partial charge in [-0.15, -0.1) is 24.0 Å². The van der Waals surface area contributed by atoms with Gasteiger partial charge in [0.05, 0.1) is 5.69 Å². The second-order valence-corrected chi connectivity index (χ2v) is 6.90. The van der Waals surface area contributed by atoms with Gasteiger partial charge in [0.2, 0.25) is 0 Å². The molecule has 1 aliphatic rings. The summed E-state index contributed by atoms with van der Waals surface area (Å²) < 4.78 is 18.4. The van der Waals surface area contributed by atoms with Gasteiger partial charge in [0, 0.05) is 52.4 Å². The third kappa shape index (κ3) is 6.73. The number of guanidine groups is 1. The molecule has 0 spiro atoms. The summed E-state index contributed by atoms with van der Waals surface area (Å²) in [5, 5.41) is 7.50. The molecule has 2 aromatic rings. The summed E-state index contributed by atoms with van der Waals surface area (Å²) in [7, 11) is 1.82. The van der Waals surface area contributed by atoms with Gasteiger partial charge in [-0.3, -0.25) is 9.89 Å². The predicted molar refractivity (Wildman–Crippen MR) is 120 cm³/mol. The maximum Gasteiger partial charge on any atom is 0.193 e. The van der Waals surface area contributed by atoms with Crippen molar-refractivity contribution in [2.24, 2.45) is 4.99 Å². The highest BCUT2D eigenvalue weighted by Crippen LogP contribution is 2.09. The molecule has 6 nitrogen and oxygen atoms in total. The van der Waals surface area contributed by atoms with Gasteiger partial charge in [0.25, 0.3) is 0 Å². The van der Waals surface area contributed by atoms with Crippen molar-refractivity contribution in [1.82, 2.24) is 20.3 Å². The lowest BCUT2D eigenvalue weighted by Gasteiger charge is -2.36. The molecule has 154 valence electrons. The van der Waals surface area contributed by atoms with Gasteiger partial charge in [0.1, 0.15) is 11.6 Å². The van der Waals surface area contributed by atoms with Crippen LogP contribution in [0.3, 0.4) is 0 Å². The fourth-order valence-corrected chi connectivity index (χ4v) is 3.36. The Morgan fingerprint density at radius 2 is 2.04 bits per heavy atom. The average molecular weight is 501 g/mol. The van der Waals surface area contributed by atoms with E-state index >= 15 is 0 Å². The molecule has 1 fully saturated rings. The summed E-state index contributed by atoms with van der Waals surface area (Å²) in [6.45, 7) is 7.36. The second kappa shape index (κ2) is 11.4. The van der Waals surface area contributed by atoms with Gasteiger partial charge in [-0.05, 0) is 37.5 Å². The zero-order valence-corrected chi connectivity index (χ0v) is 18.9. The fraction of sp³-hybridized carbons (Fsp3) is 0.500. The molecule has 0 radical (unpaired) electrons. The van der Waals surface area contributed by atoms with Crippen LogP contribution in [0, 0.1) is 12.7 Å². The Kier molecular flexibility index (Phi) is 9.17. The van der Waals surface area contributed by atoms with Crippen LogP contribution in [0.25, 0.3) is 0 Å². The molecule has 1 aromatic carbocycles. The van der Waals surface area contributed by atoms with Crippen LogP contribution in [0.1, 0.15) is 23.4 Å². The molecule has 1 aromatic heterocycles. The molecule has 0 atom stereocenters. The van der Waals surface area contributed by atoms with Crippen molar-refractivity contribution in [3.05, 3.63) is 53.2 Å². The molecule has 1 aliphatic heterocycles. The van der Waals surface area contributed by atoms with Crippen molar-refractivity contribution in [1.29, 1.82) is 0 Å². The third-order valence-corrected chi connectivity index (χ3v) is 4.76. The van der Waals surface area contributed by atoms with Crippen LogP contribution >= 0.6 is 24.0 Å². The summed E-state index contributed by atoms with van der Waals surface area (Å²) in [6.07, 6.45) is 1.79. The van der Waals surface area contributed by atoms with Crippen molar-refractivity contribution in [2.75, 3.05) is 39.8 Å². The molecule has 3 rings (SSSR count). The van der Waals surface area contributed by atoms with E-state index in [-0.39, 0.29) is 29.8 Å².